The number of sulfonamides is 1. The highest BCUT2D eigenvalue weighted by molar-refractivity contribution is 7.89. The van der Waals surface area contributed by atoms with Crippen molar-refractivity contribution >= 4 is 21.6 Å². The molecule has 0 aliphatic carbocycles. The smallest absolute Gasteiger partial charge is 0.207 e. The number of benzene rings is 1. The van der Waals surface area contributed by atoms with E-state index >= 15 is 0 Å². The molecule has 1 aliphatic rings. The third-order valence-electron chi connectivity index (χ3n) is 2.82. The average molecular weight is 260 g/mol. The SMILES string of the molecule is C[C@H]1CCN(S(=O)(=O)c2cccc(Cl)c2)C1. The van der Waals surface area contributed by atoms with Gasteiger partial charge in [-0.2, -0.15) is 4.31 Å². The van der Waals surface area contributed by atoms with Gasteiger partial charge in [0, 0.05) is 18.1 Å². The Labute approximate surface area is 101 Å². The van der Waals surface area contributed by atoms with Gasteiger partial charge in [0.2, 0.25) is 10.0 Å². The van der Waals surface area contributed by atoms with E-state index < -0.39 is 10.0 Å². The highest BCUT2D eigenvalue weighted by Gasteiger charge is 2.30. The largest absolute Gasteiger partial charge is 0.243 e. The summed E-state index contributed by atoms with van der Waals surface area (Å²) < 4.78 is 25.9. The lowest BCUT2D eigenvalue weighted by atomic mass is 10.2. The molecule has 0 saturated carbocycles. The lowest BCUT2D eigenvalue weighted by molar-refractivity contribution is 0.464. The van der Waals surface area contributed by atoms with Crippen molar-refractivity contribution in [3.05, 3.63) is 29.3 Å². The van der Waals surface area contributed by atoms with Crippen LogP contribution in [0, 0.1) is 5.92 Å². The molecule has 1 aliphatic heterocycles. The first-order valence-corrected chi connectivity index (χ1v) is 7.07. The maximum atomic E-state index is 12.2. The second-order valence-corrected chi connectivity index (χ2v) is 6.59. The van der Waals surface area contributed by atoms with Gasteiger partial charge in [0.05, 0.1) is 4.90 Å². The fourth-order valence-corrected chi connectivity index (χ4v) is 3.77. The molecule has 0 aromatic heterocycles. The summed E-state index contributed by atoms with van der Waals surface area (Å²) in [6.45, 7) is 3.28. The summed E-state index contributed by atoms with van der Waals surface area (Å²) >= 11 is 5.80. The van der Waals surface area contributed by atoms with Crippen molar-refractivity contribution < 1.29 is 8.42 Å². The van der Waals surface area contributed by atoms with E-state index in [0.717, 1.165) is 6.42 Å². The van der Waals surface area contributed by atoms with Gasteiger partial charge in [-0.25, -0.2) is 8.42 Å². The number of rotatable bonds is 2. The van der Waals surface area contributed by atoms with E-state index in [1.54, 1.807) is 18.2 Å². The number of halogens is 1. The van der Waals surface area contributed by atoms with Crippen LogP contribution in [0.5, 0.6) is 0 Å². The maximum Gasteiger partial charge on any atom is 0.243 e. The standard InChI is InChI=1S/C11H14ClNO2S/c1-9-5-6-13(8-9)16(14,15)11-4-2-3-10(12)7-11/h2-4,7,9H,5-6,8H2,1H3/t9-/m0/s1. The molecule has 1 aromatic rings. The zero-order valence-corrected chi connectivity index (χ0v) is 10.6. The molecule has 88 valence electrons. The molecule has 3 nitrogen and oxygen atoms in total. The van der Waals surface area contributed by atoms with Gasteiger partial charge in [-0.1, -0.05) is 24.6 Å². The van der Waals surface area contributed by atoms with Gasteiger partial charge in [0.1, 0.15) is 0 Å². The van der Waals surface area contributed by atoms with Gasteiger partial charge in [0.15, 0.2) is 0 Å². The Morgan fingerprint density at radius 2 is 2.19 bits per heavy atom. The Morgan fingerprint density at radius 3 is 2.75 bits per heavy atom. The Bertz CT molecular complexity index is 487. The van der Waals surface area contributed by atoms with Crippen molar-refractivity contribution in [2.75, 3.05) is 13.1 Å². The van der Waals surface area contributed by atoms with Gasteiger partial charge in [-0.3, -0.25) is 0 Å². The topological polar surface area (TPSA) is 37.4 Å². The molecule has 16 heavy (non-hydrogen) atoms. The minimum Gasteiger partial charge on any atom is -0.207 e. The van der Waals surface area contributed by atoms with Crippen LogP contribution in [-0.2, 0) is 10.0 Å². The fraction of sp³-hybridized carbons (Fsp3) is 0.455. The first-order valence-electron chi connectivity index (χ1n) is 5.26. The molecule has 1 atom stereocenters. The van der Waals surface area contributed by atoms with E-state index in [2.05, 4.69) is 6.92 Å². The molecule has 2 rings (SSSR count). The van der Waals surface area contributed by atoms with Crippen LogP contribution >= 0.6 is 11.6 Å². The Hall–Kier alpha value is -0.580. The van der Waals surface area contributed by atoms with E-state index in [0.29, 0.717) is 24.0 Å². The summed E-state index contributed by atoms with van der Waals surface area (Å²) in [5, 5.41) is 0.452. The second kappa shape index (κ2) is 4.35. The summed E-state index contributed by atoms with van der Waals surface area (Å²) in [4.78, 5) is 0.286. The van der Waals surface area contributed by atoms with Crippen molar-refractivity contribution in [1.29, 1.82) is 0 Å². The monoisotopic (exact) mass is 259 g/mol. The number of nitrogens with zero attached hydrogens (tertiary/aromatic N) is 1. The minimum absolute atomic E-state index is 0.286. The Balaban J connectivity index is 2.32. The second-order valence-electron chi connectivity index (χ2n) is 4.21. The fourth-order valence-electron chi connectivity index (χ4n) is 1.89. The molecule has 1 heterocycles. The van der Waals surface area contributed by atoms with Gasteiger partial charge in [0.25, 0.3) is 0 Å². The quantitative estimate of drug-likeness (QED) is 0.818. The third kappa shape index (κ3) is 2.24. The molecule has 5 heteroatoms. The average Bonchev–Trinajstić information content (AvgIpc) is 2.65. The van der Waals surface area contributed by atoms with Crippen LogP contribution in [-0.4, -0.2) is 25.8 Å². The van der Waals surface area contributed by atoms with Crippen molar-refractivity contribution in [3.63, 3.8) is 0 Å². The minimum atomic E-state index is -3.35. The van der Waals surface area contributed by atoms with Crippen LogP contribution in [0.1, 0.15) is 13.3 Å². The van der Waals surface area contributed by atoms with E-state index in [1.165, 1.54) is 10.4 Å². The Morgan fingerprint density at radius 1 is 1.44 bits per heavy atom. The van der Waals surface area contributed by atoms with Gasteiger partial charge < -0.3 is 0 Å². The summed E-state index contributed by atoms with van der Waals surface area (Å²) in [6.07, 6.45) is 0.930. The van der Waals surface area contributed by atoms with Gasteiger partial charge in [-0.15, -0.1) is 0 Å². The summed E-state index contributed by atoms with van der Waals surface area (Å²) in [6, 6.07) is 6.42. The molecule has 1 saturated heterocycles. The van der Waals surface area contributed by atoms with Gasteiger partial charge >= 0.3 is 0 Å². The molecule has 0 bridgehead atoms. The molecule has 0 spiro atoms. The van der Waals surface area contributed by atoms with Crippen LogP contribution < -0.4 is 0 Å². The predicted octanol–water partition coefficient (Wildman–Crippen LogP) is 2.37. The number of hydrogen-bond donors (Lipinski definition) is 0. The van der Waals surface area contributed by atoms with Gasteiger partial charge in [-0.05, 0) is 30.5 Å². The summed E-state index contributed by atoms with van der Waals surface area (Å²) in [5.41, 5.74) is 0. The molecular formula is C11H14ClNO2S. The van der Waals surface area contributed by atoms with Crippen molar-refractivity contribution in [3.8, 4) is 0 Å². The first-order chi connectivity index (χ1) is 7.50. The van der Waals surface area contributed by atoms with Crippen molar-refractivity contribution in [2.45, 2.75) is 18.2 Å². The van der Waals surface area contributed by atoms with Crippen molar-refractivity contribution in [1.82, 2.24) is 4.31 Å². The van der Waals surface area contributed by atoms with E-state index in [1.807, 2.05) is 0 Å². The number of hydrogen-bond acceptors (Lipinski definition) is 2. The van der Waals surface area contributed by atoms with Crippen LogP contribution in [0.15, 0.2) is 29.2 Å². The molecular weight excluding hydrogens is 246 g/mol. The van der Waals surface area contributed by atoms with Crippen LogP contribution in [0.2, 0.25) is 5.02 Å². The highest BCUT2D eigenvalue weighted by Crippen LogP contribution is 2.25. The van der Waals surface area contributed by atoms with E-state index in [9.17, 15) is 8.42 Å². The summed E-state index contributed by atoms with van der Waals surface area (Å²) in [7, 11) is -3.35. The molecule has 1 fully saturated rings. The maximum absolute atomic E-state index is 12.2. The Kier molecular flexibility index (Phi) is 3.24. The van der Waals surface area contributed by atoms with Crippen LogP contribution in [0.25, 0.3) is 0 Å². The van der Waals surface area contributed by atoms with Crippen molar-refractivity contribution in [2.24, 2.45) is 5.92 Å². The van der Waals surface area contributed by atoms with E-state index in [4.69, 9.17) is 11.6 Å². The summed E-state index contributed by atoms with van der Waals surface area (Å²) in [5.74, 6) is 0.439. The highest BCUT2D eigenvalue weighted by atomic mass is 35.5. The lowest BCUT2D eigenvalue weighted by Gasteiger charge is -2.15. The molecule has 0 unspecified atom stereocenters. The molecule has 1 aromatic carbocycles. The normalized spacial score (nSPS) is 22.5. The predicted molar refractivity (Wildman–Crippen MR) is 64.0 cm³/mol. The first kappa shape index (κ1) is 11.9. The molecule has 0 radical (unpaired) electrons. The molecule has 0 N–H and O–H groups in total. The zero-order valence-electron chi connectivity index (χ0n) is 9.06. The van der Waals surface area contributed by atoms with E-state index in [-0.39, 0.29) is 4.90 Å². The molecule has 0 amide bonds. The lowest BCUT2D eigenvalue weighted by Crippen LogP contribution is -2.28. The third-order valence-corrected chi connectivity index (χ3v) is 4.92. The van der Waals surface area contributed by atoms with Crippen LogP contribution in [0.4, 0.5) is 0 Å². The zero-order chi connectivity index (χ0) is 11.8. The van der Waals surface area contributed by atoms with Crippen LogP contribution in [0.3, 0.4) is 0 Å².